The largest absolute Gasteiger partial charge is 0.375 e. The number of hydrogen-bond acceptors (Lipinski definition) is 3. The minimum absolute atomic E-state index is 0.136. The average molecular weight is 258 g/mol. The van der Waals surface area contributed by atoms with Crippen molar-refractivity contribution in [1.29, 1.82) is 5.26 Å². The Morgan fingerprint density at radius 2 is 1.74 bits per heavy atom. The Morgan fingerprint density at radius 1 is 1.11 bits per heavy atom. The normalized spacial score (nSPS) is 18.5. The predicted molar refractivity (Wildman–Crippen MR) is 75.4 cm³/mol. The second-order valence-corrected chi connectivity index (χ2v) is 5.58. The van der Waals surface area contributed by atoms with Crippen LogP contribution in [0.4, 0.5) is 0 Å². The summed E-state index contributed by atoms with van der Waals surface area (Å²) in [4.78, 5) is 0. The van der Waals surface area contributed by atoms with E-state index in [2.05, 4.69) is 6.07 Å². The molecule has 0 amide bonds. The predicted octanol–water partition coefficient (Wildman–Crippen LogP) is 3.13. The van der Waals surface area contributed by atoms with Crippen LogP contribution in [0.25, 0.3) is 0 Å². The van der Waals surface area contributed by atoms with Gasteiger partial charge in [0.15, 0.2) is 0 Å². The van der Waals surface area contributed by atoms with Crippen molar-refractivity contribution in [2.75, 3.05) is 6.61 Å². The van der Waals surface area contributed by atoms with Gasteiger partial charge in [0.2, 0.25) is 0 Å². The van der Waals surface area contributed by atoms with Crippen LogP contribution in [0.5, 0.6) is 0 Å². The maximum absolute atomic E-state index is 8.74. The number of benzene rings is 1. The fourth-order valence-corrected chi connectivity index (χ4v) is 2.62. The van der Waals surface area contributed by atoms with E-state index in [9.17, 15) is 0 Å². The third-order valence-electron chi connectivity index (χ3n) is 3.84. The van der Waals surface area contributed by atoms with Crippen molar-refractivity contribution < 1.29 is 4.74 Å². The van der Waals surface area contributed by atoms with E-state index in [0.717, 1.165) is 18.4 Å². The van der Waals surface area contributed by atoms with Crippen molar-refractivity contribution in [3.8, 4) is 6.07 Å². The Morgan fingerprint density at radius 3 is 2.32 bits per heavy atom. The highest BCUT2D eigenvalue weighted by molar-refractivity contribution is 5.31. The van der Waals surface area contributed by atoms with Gasteiger partial charge in [0, 0.05) is 5.54 Å². The summed E-state index contributed by atoms with van der Waals surface area (Å²) in [5.74, 6) is 0. The molecule has 0 saturated heterocycles. The highest BCUT2D eigenvalue weighted by Crippen LogP contribution is 2.25. The van der Waals surface area contributed by atoms with Gasteiger partial charge in [-0.25, -0.2) is 0 Å². The lowest BCUT2D eigenvalue weighted by Gasteiger charge is -2.27. The minimum atomic E-state index is -0.136. The van der Waals surface area contributed by atoms with Crippen molar-refractivity contribution in [2.24, 2.45) is 5.73 Å². The Balaban J connectivity index is 1.80. The zero-order valence-corrected chi connectivity index (χ0v) is 11.4. The number of nitrogens with zero attached hydrogens (tertiary/aromatic N) is 1. The smallest absolute Gasteiger partial charge is 0.0991 e. The van der Waals surface area contributed by atoms with Crippen LogP contribution >= 0.6 is 0 Å². The third kappa shape index (κ3) is 4.34. The molecule has 0 bridgehead atoms. The maximum Gasteiger partial charge on any atom is 0.0991 e. The van der Waals surface area contributed by atoms with E-state index in [0.29, 0.717) is 18.8 Å². The molecular formula is C16H22N2O. The highest BCUT2D eigenvalue weighted by atomic mass is 16.5. The van der Waals surface area contributed by atoms with E-state index in [4.69, 9.17) is 15.7 Å². The molecule has 3 nitrogen and oxygen atoms in total. The van der Waals surface area contributed by atoms with Gasteiger partial charge >= 0.3 is 0 Å². The van der Waals surface area contributed by atoms with Crippen LogP contribution in [0.15, 0.2) is 24.3 Å². The summed E-state index contributed by atoms with van der Waals surface area (Å²) >= 11 is 0. The van der Waals surface area contributed by atoms with Gasteiger partial charge < -0.3 is 10.5 Å². The molecule has 102 valence electrons. The number of hydrogen-bond donors (Lipinski definition) is 1. The Labute approximate surface area is 115 Å². The lowest BCUT2D eigenvalue weighted by Crippen LogP contribution is -2.43. The van der Waals surface area contributed by atoms with Crippen molar-refractivity contribution >= 4 is 0 Å². The molecule has 0 unspecified atom stereocenters. The summed E-state index contributed by atoms with van der Waals surface area (Å²) in [6.07, 6.45) is 7.18. The van der Waals surface area contributed by atoms with E-state index >= 15 is 0 Å². The molecule has 0 aromatic heterocycles. The van der Waals surface area contributed by atoms with Gasteiger partial charge in [-0.3, -0.25) is 0 Å². The molecule has 0 spiro atoms. The van der Waals surface area contributed by atoms with Gasteiger partial charge in [0.05, 0.1) is 24.8 Å². The maximum atomic E-state index is 8.74. The molecule has 1 saturated carbocycles. The topological polar surface area (TPSA) is 59.0 Å². The number of nitriles is 1. The molecule has 2 rings (SSSR count). The first-order chi connectivity index (χ1) is 9.22. The van der Waals surface area contributed by atoms with Crippen LogP contribution < -0.4 is 5.73 Å². The highest BCUT2D eigenvalue weighted by Gasteiger charge is 2.26. The molecule has 1 aromatic rings. The second kappa shape index (κ2) is 6.70. The van der Waals surface area contributed by atoms with Crippen LogP contribution in [-0.2, 0) is 11.3 Å². The van der Waals surface area contributed by atoms with Crippen LogP contribution in [0.3, 0.4) is 0 Å². The van der Waals surface area contributed by atoms with Crippen molar-refractivity contribution in [3.05, 3.63) is 35.4 Å². The van der Waals surface area contributed by atoms with Crippen LogP contribution in [-0.4, -0.2) is 12.1 Å². The summed E-state index contributed by atoms with van der Waals surface area (Å²) in [6, 6.07) is 9.64. The van der Waals surface area contributed by atoms with Crippen molar-refractivity contribution in [3.63, 3.8) is 0 Å². The van der Waals surface area contributed by atoms with Gasteiger partial charge in [0.25, 0.3) is 0 Å². The van der Waals surface area contributed by atoms with E-state index < -0.39 is 0 Å². The first kappa shape index (κ1) is 14.0. The van der Waals surface area contributed by atoms with Gasteiger partial charge in [-0.15, -0.1) is 0 Å². The fourth-order valence-electron chi connectivity index (χ4n) is 2.62. The SMILES string of the molecule is N#Cc1ccc(COCC2(N)CCCCCC2)cc1. The molecule has 2 N–H and O–H groups in total. The average Bonchev–Trinajstić information content (AvgIpc) is 2.65. The summed E-state index contributed by atoms with van der Waals surface area (Å²) < 4.78 is 5.78. The molecule has 0 radical (unpaired) electrons. The molecule has 1 aliphatic rings. The number of nitrogens with two attached hydrogens (primary N) is 1. The molecule has 3 heteroatoms. The first-order valence-electron chi connectivity index (χ1n) is 7.08. The van der Waals surface area contributed by atoms with Gasteiger partial charge in [-0.2, -0.15) is 5.26 Å². The number of rotatable bonds is 4. The van der Waals surface area contributed by atoms with Gasteiger partial charge in [-0.05, 0) is 30.5 Å². The van der Waals surface area contributed by atoms with Crippen LogP contribution in [0.1, 0.15) is 49.7 Å². The Hall–Kier alpha value is -1.37. The lowest BCUT2D eigenvalue weighted by atomic mass is 9.92. The van der Waals surface area contributed by atoms with E-state index in [1.165, 1.54) is 25.7 Å². The molecule has 0 atom stereocenters. The number of ether oxygens (including phenoxy) is 1. The van der Waals surface area contributed by atoms with Crippen LogP contribution in [0.2, 0.25) is 0 Å². The van der Waals surface area contributed by atoms with Gasteiger partial charge in [0.1, 0.15) is 0 Å². The van der Waals surface area contributed by atoms with Crippen molar-refractivity contribution in [1.82, 2.24) is 0 Å². The monoisotopic (exact) mass is 258 g/mol. The molecular weight excluding hydrogens is 236 g/mol. The standard InChI is InChI=1S/C16H22N2O/c17-11-14-5-7-15(8-6-14)12-19-13-16(18)9-3-1-2-4-10-16/h5-8H,1-4,9-10,12-13,18H2. The summed E-state index contributed by atoms with van der Waals surface area (Å²) in [5, 5.41) is 8.74. The summed E-state index contributed by atoms with van der Waals surface area (Å²) in [7, 11) is 0. The van der Waals surface area contributed by atoms with E-state index in [1.807, 2.05) is 24.3 Å². The Bertz CT molecular complexity index is 425. The Kier molecular flexibility index (Phi) is 4.95. The molecule has 1 fully saturated rings. The minimum Gasteiger partial charge on any atom is -0.375 e. The summed E-state index contributed by atoms with van der Waals surface area (Å²) in [5.41, 5.74) is 8.04. The summed E-state index contributed by atoms with van der Waals surface area (Å²) in [6.45, 7) is 1.21. The first-order valence-corrected chi connectivity index (χ1v) is 7.08. The fraction of sp³-hybridized carbons (Fsp3) is 0.562. The molecule has 19 heavy (non-hydrogen) atoms. The van der Waals surface area contributed by atoms with Crippen LogP contribution in [0, 0.1) is 11.3 Å². The molecule has 1 aromatic carbocycles. The molecule has 1 aliphatic carbocycles. The van der Waals surface area contributed by atoms with Gasteiger partial charge in [-0.1, -0.05) is 37.8 Å². The zero-order valence-electron chi connectivity index (χ0n) is 11.4. The second-order valence-electron chi connectivity index (χ2n) is 5.58. The lowest BCUT2D eigenvalue weighted by molar-refractivity contribution is 0.0667. The zero-order chi connectivity index (χ0) is 13.6. The van der Waals surface area contributed by atoms with E-state index in [1.54, 1.807) is 0 Å². The third-order valence-corrected chi connectivity index (χ3v) is 3.84. The quantitative estimate of drug-likeness (QED) is 0.844. The molecule has 0 heterocycles. The molecule has 0 aliphatic heterocycles. The van der Waals surface area contributed by atoms with Crippen molar-refractivity contribution in [2.45, 2.75) is 50.7 Å². The van der Waals surface area contributed by atoms with E-state index in [-0.39, 0.29) is 5.54 Å².